The second kappa shape index (κ2) is 8.04. The van der Waals surface area contributed by atoms with Gasteiger partial charge in [0.1, 0.15) is 5.82 Å². The van der Waals surface area contributed by atoms with E-state index in [2.05, 4.69) is 10.2 Å². The van der Waals surface area contributed by atoms with Gasteiger partial charge in [0.05, 0.1) is 12.1 Å². The summed E-state index contributed by atoms with van der Waals surface area (Å²) in [4.78, 5) is 14.3. The molecule has 2 atom stereocenters. The molecule has 2 aromatic rings. The number of rotatable bonds is 6. The fourth-order valence-corrected chi connectivity index (χ4v) is 2.44. The standard InChI is InChI=1S/C19H23FN2O2/c1-13(18(23)15-8-10-17(20)11-9-15)21-19(24)16-6-4-14(5-7-16)12-22(2)3/h4-11,13,18,23H,12H2,1-3H3,(H,21,24). The van der Waals surface area contributed by atoms with Crippen LogP contribution < -0.4 is 5.32 Å². The summed E-state index contributed by atoms with van der Waals surface area (Å²) in [5.74, 6) is -0.611. The van der Waals surface area contributed by atoms with Crippen LogP contribution in [-0.2, 0) is 6.54 Å². The molecule has 2 aromatic carbocycles. The molecular weight excluding hydrogens is 307 g/mol. The average Bonchev–Trinajstić information content (AvgIpc) is 2.55. The molecule has 0 spiro atoms. The normalized spacial score (nSPS) is 13.6. The molecule has 24 heavy (non-hydrogen) atoms. The molecule has 128 valence electrons. The molecule has 0 aromatic heterocycles. The topological polar surface area (TPSA) is 52.6 Å². The predicted octanol–water partition coefficient (Wildman–Crippen LogP) is 2.74. The monoisotopic (exact) mass is 330 g/mol. The van der Waals surface area contributed by atoms with Crippen molar-refractivity contribution in [3.05, 3.63) is 71.0 Å². The van der Waals surface area contributed by atoms with Crippen molar-refractivity contribution in [2.45, 2.75) is 25.6 Å². The molecule has 2 N–H and O–H groups in total. The van der Waals surface area contributed by atoms with E-state index in [0.717, 1.165) is 12.1 Å². The number of benzene rings is 2. The maximum atomic E-state index is 12.9. The van der Waals surface area contributed by atoms with Gasteiger partial charge in [0.2, 0.25) is 0 Å². The molecule has 1 amide bonds. The second-order valence-electron chi connectivity index (χ2n) is 6.19. The highest BCUT2D eigenvalue weighted by atomic mass is 19.1. The van der Waals surface area contributed by atoms with Gasteiger partial charge in [-0.3, -0.25) is 4.79 Å². The first kappa shape index (κ1) is 18.1. The maximum Gasteiger partial charge on any atom is 0.251 e. The van der Waals surface area contributed by atoms with Gasteiger partial charge in [0, 0.05) is 12.1 Å². The molecule has 0 saturated carbocycles. The van der Waals surface area contributed by atoms with Crippen LogP contribution in [0.15, 0.2) is 48.5 Å². The average molecular weight is 330 g/mol. The number of aliphatic hydroxyl groups is 1. The fourth-order valence-electron chi connectivity index (χ4n) is 2.44. The molecule has 0 aliphatic rings. The molecule has 0 bridgehead atoms. The minimum Gasteiger partial charge on any atom is -0.386 e. The van der Waals surface area contributed by atoms with Crippen molar-refractivity contribution in [1.82, 2.24) is 10.2 Å². The summed E-state index contributed by atoms with van der Waals surface area (Å²) in [5, 5.41) is 13.1. The van der Waals surface area contributed by atoms with E-state index >= 15 is 0 Å². The smallest absolute Gasteiger partial charge is 0.251 e. The number of amides is 1. The fraction of sp³-hybridized carbons (Fsp3) is 0.316. The summed E-state index contributed by atoms with van der Waals surface area (Å²) in [5.41, 5.74) is 2.22. The Morgan fingerprint density at radius 1 is 1.12 bits per heavy atom. The number of hydrogen-bond donors (Lipinski definition) is 2. The van der Waals surface area contributed by atoms with Crippen LogP contribution in [0.5, 0.6) is 0 Å². The van der Waals surface area contributed by atoms with E-state index in [1.807, 2.05) is 26.2 Å². The van der Waals surface area contributed by atoms with Crippen molar-refractivity contribution in [2.75, 3.05) is 14.1 Å². The molecule has 0 radical (unpaired) electrons. The number of aliphatic hydroxyl groups excluding tert-OH is 1. The van der Waals surface area contributed by atoms with Gasteiger partial charge in [0.15, 0.2) is 0 Å². The van der Waals surface area contributed by atoms with Gasteiger partial charge < -0.3 is 15.3 Å². The largest absolute Gasteiger partial charge is 0.386 e. The van der Waals surface area contributed by atoms with E-state index in [9.17, 15) is 14.3 Å². The van der Waals surface area contributed by atoms with Crippen LogP contribution in [0.2, 0.25) is 0 Å². The minimum atomic E-state index is -0.900. The lowest BCUT2D eigenvalue weighted by atomic mass is 10.0. The summed E-state index contributed by atoms with van der Waals surface area (Å²) in [7, 11) is 3.97. The summed E-state index contributed by atoms with van der Waals surface area (Å²) < 4.78 is 12.9. The Kier molecular flexibility index (Phi) is 6.06. The molecule has 0 fully saturated rings. The van der Waals surface area contributed by atoms with Crippen molar-refractivity contribution >= 4 is 5.91 Å². The van der Waals surface area contributed by atoms with Crippen LogP contribution >= 0.6 is 0 Å². The Labute approximate surface area is 141 Å². The molecule has 2 rings (SSSR count). The van der Waals surface area contributed by atoms with E-state index < -0.39 is 12.1 Å². The highest BCUT2D eigenvalue weighted by Gasteiger charge is 2.19. The van der Waals surface area contributed by atoms with E-state index in [-0.39, 0.29) is 11.7 Å². The molecule has 4 nitrogen and oxygen atoms in total. The van der Waals surface area contributed by atoms with E-state index in [0.29, 0.717) is 11.1 Å². The number of carbonyl (C=O) groups is 1. The highest BCUT2D eigenvalue weighted by molar-refractivity contribution is 5.94. The van der Waals surface area contributed by atoms with E-state index in [4.69, 9.17) is 0 Å². The van der Waals surface area contributed by atoms with Crippen LogP contribution in [0, 0.1) is 5.82 Å². The zero-order valence-corrected chi connectivity index (χ0v) is 14.2. The summed E-state index contributed by atoms with van der Waals surface area (Å²) in [6, 6.07) is 12.5. The lowest BCUT2D eigenvalue weighted by molar-refractivity contribution is 0.0852. The Morgan fingerprint density at radius 2 is 1.71 bits per heavy atom. The lowest BCUT2D eigenvalue weighted by Crippen LogP contribution is -2.37. The van der Waals surface area contributed by atoms with Crippen LogP contribution in [0.1, 0.15) is 34.5 Å². The Balaban J connectivity index is 1.98. The van der Waals surface area contributed by atoms with Crippen LogP contribution in [-0.4, -0.2) is 36.1 Å². The molecule has 0 heterocycles. The maximum absolute atomic E-state index is 12.9. The van der Waals surface area contributed by atoms with Crippen LogP contribution in [0.4, 0.5) is 4.39 Å². The second-order valence-corrected chi connectivity index (χ2v) is 6.19. The Bertz CT molecular complexity index is 669. The van der Waals surface area contributed by atoms with Crippen LogP contribution in [0.25, 0.3) is 0 Å². The van der Waals surface area contributed by atoms with Crippen molar-refractivity contribution in [1.29, 1.82) is 0 Å². The molecule has 0 aliphatic carbocycles. The lowest BCUT2D eigenvalue weighted by Gasteiger charge is -2.21. The first-order valence-electron chi connectivity index (χ1n) is 7.85. The zero-order valence-electron chi connectivity index (χ0n) is 14.2. The molecule has 0 saturated heterocycles. The van der Waals surface area contributed by atoms with Gasteiger partial charge >= 0.3 is 0 Å². The van der Waals surface area contributed by atoms with Crippen molar-refractivity contribution < 1.29 is 14.3 Å². The number of halogens is 1. The van der Waals surface area contributed by atoms with Gasteiger partial charge in [-0.15, -0.1) is 0 Å². The zero-order chi connectivity index (χ0) is 17.7. The Morgan fingerprint density at radius 3 is 2.25 bits per heavy atom. The predicted molar refractivity (Wildman–Crippen MR) is 92.1 cm³/mol. The van der Waals surface area contributed by atoms with E-state index in [1.165, 1.54) is 24.3 Å². The Hall–Kier alpha value is -2.24. The third-order valence-electron chi connectivity index (χ3n) is 3.76. The van der Waals surface area contributed by atoms with Crippen molar-refractivity contribution in [3.8, 4) is 0 Å². The summed E-state index contributed by atoms with van der Waals surface area (Å²) in [6.45, 7) is 2.52. The van der Waals surface area contributed by atoms with Gasteiger partial charge in [-0.2, -0.15) is 0 Å². The van der Waals surface area contributed by atoms with Gasteiger partial charge in [-0.05, 0) is 56.4 Å². The first-order chi connectivity index (χ1) is 11.4. The van der Waals surface area contributed by atoms with E-state index in [1.54, 1.807) is 19.1 Å². The molecule has 5 heteroatoms. The number of hydrogen-bond acceptors (Lipinski definition) is 3. The van der Waals surface area contributed by atoms with Crippen molar-refractivity contribution in [2.24, 2.45) is 0 Å². The quantitative estimate of drug-likeness (QED) is 0.856. The number of carbonyl (C=O) groups excluding carboxylic acids is 1. The summed E-state index contributed by atoms with van der Waals surface area (Å²) >= 11 is 0. The number of nitrogens with one attached hydrogen (secondary N) is 1. The van der Waals surface area contributed by atoms with Gasteiger partial charge in [0.25, 0.3) is 5.91 Å². The molecule has 2 unspecified atom stereocenters. The SMILES string of the molecule is CC(NC(=O)c1ccc(CN(C)C)cc1)C(O)c1ccc(F)cc1. The third kappa shape index (κ3) is 4.88. The summed E-state index contributed by atoms with van der Waals surface area (Å²) in [6.07, 6.45) is -0.900. The molecular formula is C19H23FN2O2. The number of nitrogens with zero attached hydrogens (tertiary/aromatic N) is 1. The molecule has 0 aliphatic heterocycles. The van der Waals surface area contributed by atoms with Crippen LogP contribution in [0.3, 0.4) is 0 Å². The minimum absolute atomic E-state index is 0.250. The van der Waals surface area contributed by atoms with Gasteiger partial charge in [-0.25, -0.2) is 4.39 Å². The third-order valence-corrected chi connectivity index (χ3v) is 3.76. The van der Waals surface area contributed by atoms with Gasteiger partial charge in [-0.1, -0.05) is 24.3 Å². The van der Waals surface area contributed by atoms with Crippen molar-refractivity contribution in [3.63, 3.8) is 0 Å². The first-order valence-corrected chi connectivity index (χ1v) is 7.85. The highest BCUT2D eigenvalue weighted by Crippen LogP contribution is 2.17.